The lowest BCUT2D eigenvalue weighted by molar-refractivity contribution is 0.0938. The minimum Gasteiger partial charge on any atom is -0.352 e. The molecule has 0 atom stereocenters. The van der Waals surface area contributed by atoms with Crippen molar-refractivity contribution in [1.82, 2.24) is 10.6 Å². The van der Waals surface area contributed by atoms with E-state index in [1.165, 1.54) is 6.07 Å². The highest BCUT2D eigenvalue weighted by Crippen LogP contribution is 2.24. The van der Waals surface area contributed by atoms with Gasteiger partial charge in [0.05, 0.1) is 5.56 Å². The molecule has 2 aromatic rings. The van der Waals surface area contributed by atoms with E-state index in [9.17, 15) is 14.0 Å². The average Bonchev–Trinajstić information content (AvgIpc) is 3.40. The Hall–Kier alpha value is -2.69. The van der Waals surface area contributed by atoms with Crippen LogP contribution in [-0.4, -0.2) is 24.4 Å². The molecule has 2 N–H and O–H groups in total. The molecule has 0 spiro atoms. The Bertz CT molecular complexity index is 903. The second-order valence-electron chi connectivity index (χ2n) is 7.18. The standard InChI is InChI=1S/C21H21FN2O2/c1-12-8-14-6-7-23-20(25)18(14)11-15(12)9-13-2-5-17(19(22)10-13)21(26)24-16-3-4-16/h2,5,8,10-11,16H,3-4,6-7,9H2,1H3,(H,23,25)(H,24,26). The Kier molecular flexibility index (Phi) is 4.23. The van der Waals surface area contributed by atoms with Gasteiger partial charge in [-0.15, -0.1) is 0 Å². The predicted molar refractivity (Wildman–Crippen MR) is 96.9 cm³/mol. The second kappa shape index (κ2) is 6.56. The molecule has 2 aromatic carbocycles. The summed E-state index contributed by atoms with van der Waals surface area (Å²) in [7, 11) is 0. The Morgan fingerprint density at radius 2 is 2.08 bits per heavy atom. The minimum absolute atomic E-state index is 0.0502. The molecule has 2 amide bonds. The quantitative estimate of drug-likeness (QED) is 0.889. The summed E-state index contributed by atoms with van der Waals surface area (Å²) < 4.78 is 14.4. The Morgan fingerprint density at radius 1 is 1.27 bits per heavy atom. The van der Waals surface area contributed by atoms with Crippen molar-refractivity contribution in [3.05, 3.63) is 69.5 Å². The monoisotopic (exact) mass is 352 g/mol. The van der Waals surface area contributed by atoms with Gasteiger partial charge in [-0.1, -0.05) is 12.1 Å². The molecule has 26 heavy (non-hydrogen) atoms. The molecule has 5 heteroatoms. The lowest BCUT2D eigenvalue weighted by Crippen LogP contribution is -2.32. The molecule has 1 aliphatic carbocycles. The van der Waals surface area contributed by atoms with Gasteiger partial charge in [-0.05, 0) is 73.1 Å². The van der Waals surface area contributed by atoms with Crippen LogP contribution in [0.5, 0.6) is 0 Å². The molecule has 2 aliphatic rings. The van der Waals surface area contributed by atoms with E-state index >= 15 is 0 Å². The first-order chi connectivity index (χ1) is 12.5. The van der Waals surface area contributed by atoms with Gasteiger partial charge < -0.3 is 10.6 Å². The third-order valence-corrected chi connectivity index (χ3v) is 5.07. The van der Waals surface area contributed by atoms with E-state index in [1.807, 2.05) is 13.0 Å². The van der Waals surface area contributed by atoms with Gasteiger partial charge in [-0.3, -0.25) is 9.59 Å². The average molecular weight is 352 g/mol. The first kappa shape index (κ1) is 16.8. The van der Waals surface area contributed by atoms with Gasteiger partial charge in [0.2, 0.25) is 0 Å². The van der Waals surface area contributed by atoms with Crippen molar-refractivity contribution in [1.29, 1.82) is 0 Å². The van der Waals surface area contributed by atoms with Crippen LogP contribution in [0.25, 0.3) is 0 Å². The van der Waals surface area contributed by atoms with Crippen molar-refractivity contribution >= 4 is 11.8 Å². The molecule has 0 radical (unpaired) electrons. The molecule has 0 saturated heterocycles. The first-order valence-electron chi connectivity index (χ1n) is 9.01. The Labute approximate surface area is 151 Å². The first-order valence-corrected chi connectivity index (χ1v) is 9.01. The highest BCUT2D eigenvalue weighted by Gasteiger charge is 2.25. The maximum Gasteiger partial charge on any atom is 0.254 e. The van der Waals surface area contributed by atoms with Gasteiger partial charge in [0.25, 0.3) is 11.8 Å². The zero-order valence-corrected chi connectivity index (χ0v) is 14.7. The van der Waals surface area contributed by atoms with Crippen LogP contribution in [-0.2, 0) is 12.8 Å². The third kappa shape index (κ3) is 3.34. The number of halogens is 1. The molecule has 0 unspecified atom stereocenters. The fourth-order valence-corrected chi connectivity index (χ4v) is 3.39. The number of carbonyl (C=O) groups is 2. The molecule has 1 heterocycles. The van der Waals surface area contributed by atoms with Gasteiger partial charge >= 0.3 is 0 Å². The maximum atomic E-state index is 14.4. The minimum atomic E-state index is -0.506. The lowest BCUT2D eigenvalue weighted by atomic mass is 9.91. The predicted octanol–water partition coefficient (Wildman–Crippen LogP) is 2.90. The van der Waals surface area contributed by atoms with Gasteiger partial charge in [0.1, 0.15) is 5.82 Å². The highest BCUT2D eigenvalue weighted by atomic mass is 19.1. The summed E-state index contributed by atoms with van der Waals surface area (Å²) >= 11 is 0. The number of aryl methyl sites for hydroxylation is 1. The number of nitrogens with one attached hydrogen (secondary N) is 2. The van der Waals surface area contributed by atoms with Crippen LogP contribution >= 0.6 is 0 Å². The molecule has 0 aromatic heterocycles. The van der Waals surface area contributed by atoms with Gasteiger partial charge in [-0.25, -0.2) is 4.39 Å². The van der Waals surface area contributed by atoms with Crippen molar-refractivity contribution in [3.63, 3.8) is 0 Å². The number of carbonyl (C=O) groups excluding carboxylic acids is 2. The SMILES string of the molecule is Cc1cc2c(cc1Cc1ccc(C(=O)NC3CC3)c(F)c1)C(=O)NCC2. The highest BCUT2D eigenvalue weighted by molar-refractivity contribution is 5.97. The van der Waals surface area contributed by atoms with Gasteiger partial charge in [0, 0.05) is 18.2 Å². The summed E-state index contributed by atoms with van der Waals surface area (Å²) in [4.78, 5) is 24.1. The van der Waals surface area contributed by atoms with Crippen molar-refractivity contribution < 1.29 is 14.0 Å². The van der Waals surface area contributed by atoms with Crippen LogP contribution < -0.4 is 10.6 Å². The van der Waals surface area contributed by atoms with Gasteiger partial charge in [0.15, 0.2) is 0 Å². The zero-order chi connectivity index (χ0) is 18.3. The maximum absolute atomic E-state index is 14.4. The van der Waals surface area contributed by atoms with Crippen molar-refractivity contribution in [2.45, 2.75) is 38.6 Å². The van der Waals surface area contributed by atoms with Crippen molar-refractivity contribution in [3.8, 4) is 0 Å². The summed E-state index contributed by atoms with van der Waals surface area (Å²) in [6.45, 7) is 2.68. The molecule has 1 fully saturated rings. The van der Waals surface area contributed by atoms with Crippen LogP contribution in [0.4, 0.5) is 4.39 Å². The molecule has 134 valence electrons. The topological polar surface area (TPSA) is 58.2 Å². The van der Waals surface area contributed by atoms with Crippen LogP contribution in [0, 0.1) is 12.7 Å². The molecule has 4 nitrogen and oxygen atoms in total. The van der Waals surface area contributed by atoms with Crippen LogP contribution in [0.1, 0.15) is 55.8 Å². The van der Waals surface area contributed by atoms with Crippen LogP contribution in [0.2, 0.25) is 0 Å². The molecule has 4 rings (SSSR count). The Morgan fingerprint density at radius 3 is 2.81 bits per heavy atom. The fourth-order valence-electron chi connectivity index (χ4n) is 3.39. The van der Waals surface area contributed by atoms with E-state index in [-0.39, 0.29) is 23.4 Å². The van der Waals surface area contributed by atoms with E-state index in [1.54, 1.807) is 12.1 Å². The molecular formula is C21H21FN2O2. The van der Waals surface area contributed by atoms with E-state index in [2.05, 4.69) is 16.7 Å². The number of hydrogen-bond acceptors (Lipinski definition) is 2. The summed E-state index contributed by atoms with van der Waals surface area (Å²) in [5.74, 6) is -0.905. The molecular weight excluding hydrogens is 331 g/mol. The van der Waals surface area contributed by atoms with Crippen LogP contribution in [0.15, 0.2) is 30.3 Å². The van der Waals surface area contributed by atoms with E-state index in [0.717, 1.165) is 41.5 Å². The fraction of sp³-hybridized carbons (Fsp3) is 0.333. The molecule has 1 saturated carbocycles. The normalized spacial score (nSPS) is 16.0. The number of fused-ring (bicyclic) bond motifs is 1. The summed E-state index contributed by atoms with van der Waals surface area (Å²) in [6.07, 6.45) is 3.29. The van der Waals surface area contributed by atoms with Crippen molar-refractivity contribution in [2.75, 3.05) is 6.54 Å². The number of rotatable bonds is 4. The Balaban J connectivity index is 1.57. The van der Waals surface area contributed by atoms with E-state index < -0.39 is 5.82 Å². The summed E-state index contributed by atoms with van der Waals surface area (Å²) in [5, 5.41) is 5.66. The summed E-state index contributed by atoms with van der Waals surface area (Å²) in [6, 6.07) is 8.90. The zero-order valence-electron chi connectivity index (χ0n) is 14.7. The summed E-state index contributed by atoms with van der Waals surface area (Å²) in [5.41, 5.74) is 4.72. The number of hydrogen-bond donors (Lipinski definition) is 2. The lowest BCUT2D eigenvalue weighted by Gasteiger charge is -2.19. The second-order valence-corrected chi connectivity index (χ2v) is 7.18. The van der Waals surface area contributed by atoms with Crippen LogP contribution in [0.3, 0.4) is 0 Å². The number of amides is 2. The van der Waals surface area contributed by atoms with E-state index in [4.69, 9.17) is 0 Å². The van der Waals surface area contributed by atoms with E-state index in [0.29, 0.717) is 18.5 Å². The smallest absolute Gasteiger partial charge is 0.254 e. The third-order valence-electron chi connectivity index (χ3n) is 5.07. The largest absolute Gasteiger partial charge is 0.352 e. The molecule has 0 bridgehead atoms. The van der Waals surface area contributed by atoms with Gasteiger partial charge in [-0.2, -0.15) is 0 Å². The van der Waals surface area contributed by atoms with Crippen molar-refractivity contribution in [2.24, 2.45) is 0 Å². The molecule has 1 aliphatic heterocycles. The number of benzene rings is 2.